The lowest BCUT2D eigenvalue weighted by Gasteiger charge is -2.06. The minimum absolute atomic E-state index is 0.0666. The molecule has 0 saturated carbocycles. The fourth-order valence-electron chi connectivity index (χ4n) is 0.665. The molecule has 1 atom stereocenters. The molecule has 0 heterocycles. The van der Waals surface area contributed by atoms with Crippen molar-refractivity contribution in [1.29, 1.82) is 0 Å². The summed E-state index contributed by atoms with van der Waals surface area (Å²) in [7, 11) is 0. The number of ether oxygens (including phenoxy) is 1. The number of thioether (sulfide) groups is 1. The standard InChI is InChI=1S/C9H14N2O4S/c1-2-4-15-9(14)11-3-5-16-6-7(10)8(12)13/h1,7H,3-6,10H2,(H,11,14)(H,12,13). The van der Waals surface area contributed by atoms with E-state index in [0.717, 1.165) is 0 Å². The van der Waals surface area contributed by atoms with Crippen molar-refractivity contribution in [3.63, 3.8) is 0 Å². The first-order valence-electron chi connectivity index (χ1n) is 4.48. The van der Waals surface area contributed by atoms with Crippen LogP contribution in [0.25, 0.3) is 0 Å². The third kappa shape index (κ3) is 7.96. The number of alkyl carbamates (subject to hydrolysis) is 1. The van der Waals surface area contributed by atoms with Crippen LogP contribution in [0.5, 0.6) is 0 Å². The molecule has 0 aliphatic carbocycles. The van der Waals surface area contributed by atoms with Crippen molar-refractivity contribution in [1.82, 2.24) is 5.32 Å². The van der Waals surface area contributed by atoms with Crippen molar-refractivity contribution in [2.75, 3.05) is 24.7 Å². The lowest BCUT2D eigenvalue weighted by molar-refractivity contribution is -0.137. The molecule has 0 spiro atoms. The Hall–Kier alpha value is -1.39. The number of hydrogen-bond donors (Lipinski definition) is 3. The summed E-state index contributed by atoms with van der Waals surface area (Å²) in [4.78, 5) is 21.2. The Balaban J connectivity index is 3.37. The minimum Gasteiger partial charge on any atom is -0.480 e. The number of carboxylic acid groups (broad SMARTS) is 1. The van der Waals surface area contributed by atoms with Gasteiger partial charge in [0.25, 0.3) is 0 Å². The fourth-order valence-corrected chi connectivity index (χ4v) is 1.47. The zero-order chi connectivity index (χ0) is 12.4. The molecule has 90 valence electrons. The van der Waals surface area contributed by atoms with E-state index in [0.29, 0.717) is 18.1 Å². The molecule has 16 heavy (non-hydrogen) atoms. The number of terminal acetylenes is 1. The largest absolute Gasteiger partial charge is 0.480 e. The summed E-state index contributed by atoms with van der Waals surface area (Å²) in [5.41, 5.74) is 5.27. The van der Waals surface area contributed by atoms with Gasteiger partial charge >= 0.3 is 12.1 Å². The maximum Gasteiger partial charge on any atom is 0.408 e. The van der Waals surface area contributed by atoms with Crippen LogP contribution in [0.4, 0.5) is 4.79 Å². The van der Waals surface area contributed by atoms with Crippen LogP contribution in [-0.4, -0.2) is 47.9 Å². The Morgan fingerprint density at radius 3 is 2.88 bits per heavy atom. The molecular weight excluding hydrogens is 232 g/mol. The third-order valence-electron chi connectivity index (χ3n) is 1.42. The number of nitrogens with two attached hydrogens (primary N) is 1. The van der Waals surface area contributed by atoms with Crippen molar-refractivity contribution in [3.8, 4) is 12.3 Å². The highest BCUT2D eigenvalue weighted by Crippen LogP contribution is 2.00. The fraction of sp³-hybridized carbons (Fsp3) is 0.556. The van der Waals surface area contributed by atoms with Gasteiger partial charge in [-0.2, -0.15) is 11.8 Å². The highest BCUT2D eigenvalue weighted by atomic mass is 32.2. The van der Waals surface area contributed by atoms with Gasteiger partial charge in [-0.1, -0.05) is 5.92 Å². The summed E-state index contributed by atoms with van der Waals surface area (Å²) in [6.45, 7) is 0.309. The highest BCUT2D eigenvalue weighted by molar-refractivity contribution is 7.99. The molecule has 0 saturated heterocycles. The maximum atomic E-state index is 10.9. The highest BCUT2D eigenvalue weighted by Gasteiger charge is 2.10. The summed E-state index contributed by atoms with van der Waals surface area (Å²) in [6, 6.07) is -0.876. The zero-order valence-corrected chi connectivity index (χ0v) is 9.46. The number of amides is 1. The lowest BCUT2D eigenvalue weighted by atomic mass is 10.4. The Morgan fingerprint density at radius 1 is 1.62 bits per heavy atom. The van der Waals surface area contributed by atoms with Gasteiger partial charge in [0.1, 0.15) is 6.04 Å². The first-order chi connectivity index (χ1) is 7.57. The summed E-state index contributed by atoms with van der Waals surface area (Å²) < 4.78 is 4.54. The van der Waals surface area contributed by atoms with Gasteiger partial charge in [-0.25, -0.2) is 4.79 Å². The predicted molar refractivity (Wildman–Crippen MR) is 61.1 cm³/mol. The van der Waals surface area contributed by atoms with Crippen LogP contribution in [0.2, 0.25) is 0 Å². The van der Waals surface area contributed by atoms with Crippen molar-refractivity contribution in [2.45, 2.75) is 6.04 Å². The molecule has 0 aromatic heterocycles. The lowest BCUT2D eigenvalue weighted by Crippen LogP contribution is -2.33. The van der Waals surface area contributed by atoms with Gasteiger partial charge in [-0.3, -0.25) is 4.79 Å². The van der Waals surface area contributed by atoms with Crippen molar-refractivity contribution < 1.29 is 19.4 Å². The van der Waals surface area contributed by atoms with E-state index in [1.807, 2.05) is 0 Å². The van der Waals surface area contributed by atoms with E-state index in [-0.39, 0.29) is 6.61 Å². The second-order valence-electron chi connectivity index (χ2n) is 2.73. The zero-order valence-electron chi connectivity index (χ0n) is 8.64. The van der Waals surface area contributed by atoms with E-state index in [9.17, 15) is 9.59 Å². The summed E-state index contributed by atoms with van der Waals surface area (Å²) >= 11 is 1.34. The third-order valence-corrected chi connectivity index (χ3v) is 2.50. The molecule has 1 unspecified atom stereocenters. The maximum absolute atomic E-state index is 10.9. The molecule has 4 N–H and O–H groups in total. The van der Waals surface area contributed by atoms with Gasteiger partial charge in [-0.15, -0.1) is 6.42 Å². The summed E-state index contributed by atoms with van der Waals surface area (Å²) in [5, 5.41) is 10.9. The topological polar surface area (TPSA) is 102 Å². The van der Waals surface area contributed by atoms with Crippen LogP contribution >= 0.6 is 11.8 Å². The van der Waals surface area contributed by atoms with Crippen molar-refractivity contribution >= 4 is 23.8 Å². The van der Waals surface area contributed by atoms with Gasteiger partial charge in [-0.05, 0) is 0 Å². The average Bonchev–Trinajstić information content (AvgIpc) is 2.25. The number of aliphatic carboxylic acids is 1. The Bertz CT molecular complexity index is 277. The second-order valence-corrected chi connectivity index (χ2v) is 3.88. The Labute approximate surface area is 97.9 Å². The first-order valence-corrected chi connectivity index (χ1v) is 5.63. The van der Waals surface area contributed by atoms with E-state index in [1.54, 1.807) is 0 Å². The number of carboxylic acids is 1. The monoisotopic (exact) mass is 246 g/mol. The van der Waals surface area contributed by atoms with Gasteiger partial charge in [0, 0.05) is 18.1 Å². The molecule has 0 aromatic carbocycles. The second kappa shape index (κ2) is 8.88. The van der Waals surface area contributed by atoms with E-state index < -0.39 is 18.1 Å². The number of nitrogens with one attached hydrogen (secondary N) is 1. The number of carbonyl (C=O) groups excluding carboxylic acids is 1. The number of rotatable bonds is 7. The predicted octanol–water partition coefficient (Wildman–Crippen LogP) is -0.509. The molecule has 0 radical (unpaired) electrons. The first kappa shape index (κ1) is 14.6. The SMILES string of the molecule is C#CCOC(=O)NCCSCC(N)C(=O)O. The van der Waals surface area contributed by atoms with Gasteiger partial charge in [0.15, 0.2) is 6.61 Å². The summed E-state index contributed by atoms with van der Waals surface area (Å²) in [5.74, 6) is 1.99. The molecule has 0 bridgehead atoms. The van der Waals surface area contributed by atoms with Gasteiger partial charge in [0.2, 0.25) is 0 Å². The quantitative estimate of drug-likeness (QED) is 0.413. The van der Waals surface area contributed by atoms with E-state index in [1.165, 1.54) is 11.8 Å². The van der Waals surface area contributed by atoms with Crippen LogP contribution in [0.1, 0.15) is 0 Å². The molecule has 0 rings (SSSR count). The van der Waals surface area contributed by atoms with Gasteiger partial charge in [0.05, 0.1) is 0 Å². The molecular formula is C9H14N2O4S. The normalized spacial score (nSPS) is 11.2. The molecule has 1 amide bonds. The average molecular weight is 246 g/mol. The Morgan fingerprint density at radius 2 is 2.31 bits per heavy atom. The smallest absolute Gasteiger partial charge is 0.408 e. The van der Waals surface area contributed by atoms with E-state index >= 15 is 0 Å². The van der Waals surface area contributed by atoms with E-state index in [2.05, 4.69) is 16.0 Å². The van der Waals surface area contributed by atoms with Crippen LogP contribution in [0.3, 0.4) is 0 Å². The molecule has 7 heteroatoms. The molecule has 0 aliphatic heterocycles. The molecule has 0 aromatic rings. The van der Waals surface area contributed by atoms with Crippen molar-refractivity contribution in [3.05, 3.63) is 0 Å². The van der Waals surface area contributed by atoms with E-state index in [4.69, 9.17) is 17.3 Å². The molecule has 0 aliphatic rings. The number of carbonyl (C=O) groups is 2. The van der Waals surface area contributed by atoms with Crippen molar-refractivity contribution in [2.24, 2.45) is 5.73 Å². The summed E-state index contributed by atoms with van der Waals surface area (Å²) in [6.07, 6.45) is 4.30. The van der Waals surface area contributed by atoms with Crippen LogP contribution < -0.4 is 11.1 Å². The van der Waals surface area contributed by atoms with Crippen LogP contribution in [0, 0.1) is 12.3 Å². The van der Waals surface area contributed by atoms with Gasteiger partial charge < -0.3 is 20.9 Å². The Kier molecular flexibility index (Phi) is 8.11. The van der Waals surface area contributed by atoms with Crippen LogP contribution in [-0.2, 0) is 9.53 Å². The van der Waals surface area contributed by atoms with Crippen LogP contribution in [0.15, 0.2) is 0 Å². The minimum atomic E-state index is -1.03. The molecule has 0 fully saturated rings. The molecule has 6 nitrogen and oxygen atoms in total. The number of hydrogen-bond acceptors (Lipinski definition) is 5.